The van der Waals surface area contributed by atoms with Gasteiger partial charge in [0.05, 0.1) is 6.54 Å². The largest absolute Gasteiger partial charge is 0.363 e. The number of hydrogen-bond acceptors (Lipinski definition) is 2. The van der Waals surface area contributed by atoms with Gasteiger partial charge < -0.3 is 15.2 Å². The van der Waals surface area contributed by atoms with Crippen molar-refractivity contribution in [1.82, 2.24) is 15.2 Å². The van der Waals surface area contributed by atoms with Gasteiger partial charge in [-0.25, -0.2) is 0 Å². The average Bonchev–Trinajstić information content (AvgIpc) is 2.64. The van der Waals surface area contributed by atoms with Gasteiger partial charge in [0.25, 0.3) is 5.56 Å². The maximum atomic E-state index is 12.7. The van der Waals surface area contributed by atoms with Crippen molar-refractivity contribution in [3.63, 3.8) is 0 Å². The Morgan fingerprint density at radius 2 is 1.75 bits per heavy atom. The Labute approximate surface area is 171 Å². The Morgan fingerprint density at radius 1 is 1.04 bits per heavy atom. The topological polar surface area (TPSA) is 48.1 Å². The van der Waals surface area contributed by atoms with Crippen LogP contribution in [-0.2, 0) is 13.1 Å². The molecule has 0 saturated heterocycles. The van der Waals surface area contributed by atoms with E-state index in [4.69, 9.17) is 12.2 Å². The summed E-state index contributed by atoms with van der Waals surface area (Å²) >= 11 is 5.58. The number of benzene rings is 2. The summed E-state index contributed by atoms with van der Waals surface area (Å²) in [6.07, 6.45) is 0. The van der Waals surface area contributed by atoms with E-state index in [1.807, 2.05) is 30.9 Å². The molecule has 0 aliphatic rings. The van der Waals surface area contributed by atoms with Gasteiger partial charge >= 0.3 is 0 Å². The van der Waals surface area contributed by atoms with Crippen LogP contribution in [0.15, 0.2) is 47.3 Å². The summed E-state index contributed by atoms with van der Waals surface area (Å²) in [5, 5.41) is 4.95. The van der Waals surface area contributed by atoms with Crippen LogP contribution in [0.25, 0.3) is 10.9 Å². The third kappa shape index (κ3) is 4.60. The van der Waals surface area contributed by atoms with E-state index in [1.54, 1.807) is 0 Å². The van der Waals surface area contributed by atoms with Crippen molar-refractivity contribution in [1.29, 1.82) is 0 Å². The van der Waals surface area contributed by atoms with Gasteiger partial charge in [0.1, 0.15) is 0 Å². The molecular formula is C23H27N3OS. The second-order valence-electron chi connectivity index (χ2n) is 7.34. The van der Waals surface area contributed by atoms with Crippen molar-refractivity contribution in [2.75, 3.05) is 6.54 Å². The summed E-state index contributed by atoms with van der Waals surface area (Å²) in [7, 11) is 0. The molecule has 0 aliphatic carbocycles. The minimum absolute atomic E-state index is 0.0642. The van der Waals surface area contributed by atoms with Gasteiger partial charge in [-0.15, -0.1) is 0 Å². The highest BCUT2D eigenvalue weighted by molar-refractivity contribution is 7.80. The standard InChI is InChI=1S/C23H27N3OS/c1-5-24-23(28)26(13-18-8-6-15(2)7-9-18)14-19-12-20-17(4)10-16(3)11-21(20)25-22(19)27/h6-12H,5,13-14H2,1-4H3,(H,24,28)(H,25,27). The highest BCUT2D eigenvalue weighted by Gasteiger charge is 2.14. The first kappa shape index (κ1) is 20.1. The van der Waals surface area contributed by atoms with Gasteiger partial charge in [-0.3, -0.25) is 4.79 Å². The number of fused-ring (bicyclic) bond motifs is 1. The summed E-state index contributed by atoms with van der Waals surface area (Å²) in [6.45, 7) is 10.1. The van der Waals surface area contributed by atoms with E-state index < -0.39 is 0 Å². The molecule has 0 spiro atoms. The minimum atomic E-state index is -0.0642. The highest BCUT2D eigenvalue weighted by Crippen LogP contribution is 2.19. The first-order chi connectivity index (χ1) is 13.4. The molecule has 0 atom stereocenters. The molecule has 0 amide bonds. The molecule has 0 unspecified atom stereocenters. The summed E-state index contributed by atoms with van der Waals surface area (Å²) in [5.74, 6) is 0. The number of H-pyrrole nitrogens is 1. The van der Waals surface area contributed by atoms with E-state index in [0.717, 1.165) is 34.1 Å². The third-order valence-electron chi connectivity index (χ3n) is 4.86. The van der Waals surface area contributed by atoms with E-state index >= 15 is 0 Å². The van der Waals surface area contributed by atoms with Gasteiger partial charge in [-0.2, -0.15) is 0 Å². The number of rotatable bonds is 5. The van der Waals surface area contributed by atoms with E-state index in [1.165, 1.54) is 5.56 Å². The lowest BCUT2D eigenvalue weighted by molar-refractivity contribution is 0.398. The molecular weight excluding hydrogens is 366 g/mol. The van der Waals surface area contributed by atoms with Crippen LogP contribution in [-0.4, -0.2) is 21.5 Å². The molecule has 2 aromatic carbocycles. The molecule has 5 heteroatoms. The number of nitrogens with zero attached hydrogens (tertiary/aromatic N) is 1. The minimum Gasteiger partial charge on any atom is -0.363 e. The van der Waals surface area contributed by atoms with Gasteiger partial charge in [-0.1, -0.05) is 35.9 Å². The maximum absolute atomic E-state index is 12.7. The second kappa shape index (κ2) is 8.57. The molecule has 3 aromatic rings. The van der Waals surface area contributed by atoms with Crippen LogP contribution in [0.4, 0.5) is 0 Å². The van der Waals surface area contributed by atoms with Gasteiger partial charge in [0, 0.05) is 29.6 Å². The number of aryl methyl sites for hydroxylation is 3. The van der Waals surface area contributed by atoms with Crippen LogP contribution in [0.5, 0.6) is 0 Å². The third-order valence-corrected chi connectivity index (χ3v) is 5.26. The van der Waals surface area contributed by atoms with Crippen molar-refractivity contribution in [3.05, 3.63) is 80.6 Å². The fourth-order valence-electron chi connectivity index (χ4n) is 3.42. The number of aromatic nitrogens is 1. The SMILES string of the molecule is CCNC(=S)N(Cc1ccc(C)cc1)Cc1cc2c(C)cc(C)cc2[nH]c1=O. The number of thiocarbonyl (C=S) groups is 1. The molecule has 0 aliphatic heterocycles. The van der Waals surface area contributed by atoms with Gasteiger partial charge in [0.15, 0.2) is 5.11 Å². The van der Waals surface area contributed by atoms with E-state index in [9.17, 15) is 4.79 Å². The lowest BCUT2D eigenvalue weighted by Crippen LogP contribution is -2.39. The van der Waals surface area contributed by atoms with Crippen molar-refractivity contribution in [2.24, 2.45) is 0 Å². The molecule has 1 heterocycles. The summed E-state index contributed by atoms with van der Waals surface area (Å²) < 4.78 is 0. The fraction of sp³-hybridized carbons (Fsp3) is 0.304. The summed E-state index contributed by atoms with van der Waals surface area (Å²) in [5.41, 5.74) is 6.22. The molecule has 1 aromatic heterocycles. The normalized spacial score (nSPS) is 10.9. The van der Waals surface area contributed by atoms with Crippen molar-refractivity contribution < 1.29 is 0 Å². The smallest absolute Gasteiger partial charge is 0.253 e. The van der Waals surface area contributed by atoms with Crippen LogP contribution >= 0.6 is 12.2 Å². The summed E-state index contributed by atoms with van der Waals surface area (Å²) in [4.78, 5) is 17.8. The lowest BCUT2D eigenvalue weighted by Gasteiger charge is -2.26. The van der Waals surface area contributed by atoms with Crippen molar-refractivity contribution in [3.8, 4) is 0 Å². The Kier molecular flexibility index (Phi) is 6.15. The molecule has 3 rings (SSSR count). The molecule has 4 nitrogen and oxygen atoms in total. The molecule has 0 radical (unpaired) electrons. The van der Waals surface area contributed by atoms with Gasteiger partial charge in [-0.05, 0) is 68.7 Å². The number of aromatic amines is 1. The van der Waals surface area contributed by atoms with Crippen LogP contribution in [0.2, 0.25) is 0 Å². The molecule has 0 fully saturated rings. The zero-order valence-electron chi connectivity index (χ0n) is 16.9. The fourth-order valence-corrected chi connectivity index (χ4v) is 3.69. The lowest BCUT2D eigenvalue weighted by atomic mass is 10.0. The zero-order valence-corrected chi connectivity index (χ0v) is 17.7. The van der Waals surface area contributed by atoms with E-state index in [0.29, 0.717) is 23.8 Å². The first-order valence-corrected chi connectivity index (χ1v) is 9.99. The van der Waals surface area contributed by atoms with Crippen LogP contribution in [0, 0.1) is 20.8 Å². The molecule has 28 heavy (non-hydrogen) atoms. The Hall–Kier alpha value is -2.66. The quantitative estimate of drug-likeness (QED) is 0.633. The monoisotopic (exact) mass is 393 g/mol. The highest BCUT2D eigenvalue weighted by atomic mass is 32.1. The Bertz CT molecular complexity index is 1050. The van der Waals surface area contributed by atoms with Crippen molar-refractivity contribution in [2.45, 2.75) is 40.8 Å². The number of hydrogen-bond donors (Lipinski definition) is 2. The first-order valence-electron chi connectivity index (χ1n) is 9.59. The number of pyridine rings is 1. The van der Waals surface area contributed by atoms with Gasteiger partial charge in [0.2, 0.25) is 0 Å². The van der Waals surface area contributed by atoms with Crippen LogP contribution in [0.1, 0.15) is 34.7 Å². The second-order valence-corrected chi connectivity index (χ2v) is 7.73. The van der Waals surface area contributed by atoms with Crippen LogP contribution in [0.3, 0.4) is 0 Å². The predicted octanol–water partition coefficient (Wildman–Crippen LogP) is 4.35. The molecule has 0 saturated carbocycles. The summed E-state index contributed by atoms with van der Waals surface area (Å²) in [6, 6.07) is 14.6. The molecule has 146 valence electrons. The number of nitrogens with one attached hydrogen (secondary N) is 2. The van der Waals surface area contributed by atoms with Crippen molar-refractivity contribution >= 4 is 28.2 Å². The van der Waals surface area contributed by atoms with Crippen LogP contribution < -0.4 is 10.9 Å². The average molecular weight is 394 g/mol. The molecule has 2 N–H and O–H groups in total. The Morgan fingerprint density at radius 3 is 2.43 bits per heavy atom. The molecule has 0 bridgehead atoms. The van der Waals surface area contributed by atoms with E-state index in [2.05, 4.69) is 54.5 Å². The maximum Gasteiger partial charge on any atom is 0.253 e. The Balaban J connectivity index is 1.95. The zero-order chi connectivity index (χ0) is 20.3. The van der Waals surface area contributed by atoms with E-state index in [-0.39, 0.29) is 5.56 Å². The predicted molar refractivity (Wildman–Crippen MR) is 121 cm³/mol.